The predicted octanol–water partition coefficient (Wildman–Crippen LogP) is 5.74. The van der Waals surface area contributed by atoms with Gasteiger partial charge >= 0.3 is 5.97 Å². The number of anilines is 2. The number of benzene rings is 2. The van der Waals surface area contributed by atoms with E-state index in [4.69, 9.17) is 25.1 Å². The Balaban J connectivity index is 0.000000312. The smallest absolute Gasteiger partial charge is 0.347 e. The van der Waals surface area contributed by atoms with E-state index in [1.54, 1.807) is 6.92 Å². The number of nitrogen functional groups attached to an aromatic ring is 1. The van der Waals surface area contributed by atoms with Gasteiger partial charge in [-0.25, -0.2) is 9.78 Å². The van der Waals surface area contributed by atoms with Crippen molar-refractivity contribution >= 4 is 34.0 Å². The number of unbranched alkanes of at least 4 members (excludes halogenated alkanes) is 2. The van der Waals surface area contributed by atoms with Gasteiger partial charge in [-0.05, 0) is 49.9 Å². The number of ether oxygens (including phenoxy) is 3. The number of carboxylic acid groups (broad SMARTS) is 1. The number of amides is 1. The Hall–Kier alpha value is -3.79. The Morgan fingerprint density at radius 1 is 1.05 bits per heavy atom. The van der Waals surface area contributed by atoms with Crippen molar-refractivity contribution in [2.75, 3.05) is 32.4 Å². The fourth-order valence-electron chi connectivity index (χ4n) is 3.55. The molecule has 0 aliphatic carbocycles. The summed E-state index contributed by atoms with van der Waals surface area (Å²) in [5.41, 5.74) is 10.1. The van der Waals surface area contributed by atoms with E-state index in [1.165, 1.54) is 63.9 Å². The van der Waals surface area contributed by atoms with Crippen LogP contribution in [0.2, 0.25) is 0 Å². The summed E-state index contributed by atoms with van der Waals surface area (Å²) in [6, 6.07) is 9.29. The molecular formula is C27H35N3O6S. The molecule has 0 spiro atoms. The van der Waals surface area contributed by atoms with Gasteiger partial charge < -0.3 is 25.1 Å². The van der Waals surface area contributed by atoms with Gasteiger partial charge in [-0.15, -0.1) is 0 Å². The highest BCUT2D eigenvalue weighted by molar-refractivity contribution is 7.17. The number of para-hydroxylation sites is 1. The Morgan fingerprint density at radius 3 is 2.22 bits per heavy atom. The number of aryl methyl sites for hydroxylation is 3. The highest BCUT2D eigenvalue weighted by atomic mass is 32.1. The van der Waals surface area contributed by atoms with Crippen LogP contribution in [0.4, 0.5) is 10.8 Å². The molecule has 0 aliphatic heterocycles. The average Bonchev–Trinajstić information content (AvgIpc) is 3.26. The summed E-state index contributed by atoms with van der Waals surface area (Å²) < 4.78 is 15.6. The van der Waals surface area contributed by atoms with E-state index in [0.29, 0.717) is 22.9 Å². The molecule has 3 rings (SSSR count). The molecule has 2 aromatic carbocycles. The minimum atomic E-state index is -1.08. The Morgan fingerprint density at radius 2 is 1.70 bits per heavy atom. The molecule has 200 valence electrons. The number of carbonyl (C=O) groups is 2. The average molecular weight is 530 g/mol. The van der Waals surface area contributed by atoms with Gasteiger partial charge in [-0.3, -0.25) is 10.1 Å². The standard InChI is InChI=1S/C15H16N2O6S.C12H19N/c1-7-12(14(19)20)24-15(16-7)17-13(18)8-5-9(21-2)11(23-4)10(6-8)22-3;1-3-4-5-8-11-9-6-7-10(2)12(11)13/h5-6H,1-4H3,(H,19,20)(H,16,17,18);6-7,9H,3-5,8,13H2,1-2H3. The van der Waals surface area contributed by atoms with Crippen molar-refractivity contribution in [3.8, 4) is 17.2 Å². The fourth-order valence-corrected chi connectivity index (χ4v) is 4.35. The summed E-state index contributed by atoms with van der Waals surface area (Å²) in [5.74, 6) is -0.514. The van der Waals surface area contributed by atoms with E-state index in [0.717, 1.165) is 23.4 Å². The third-order valence-electron chi connectivity index (χ3n) is 5.60. The normalized spacial score (nSPS) is 10.2. The van der Waals surface area contributed by atoms with E-state index < -0.39 is 11.9 Å². The lowest BCUT2D eigenvalue weighted by atomic mass is 10.0. The number of nitrogens with one attached hydrogen (secondary N) is 1. The number of carbonyl (C=O) groups excluding carboxylic acids is 1. The van der Waals surface area contributed by atoms with Crippen LogP contribution in [0.1, 0.15) is 63.0 Å². The number of nitrogens with two attached hydrogens (primary N) is 1. The van der Waals surface area contributed by atoms with Gasteiger partial charge in [-0.1, -0.05) is 49.3 Å². The maximum absolute atomic E-state index is 12.4. The third-order valence-corrected chi connectivity index (χ3v) is 6.66. The summed E-state index contributed by atoms with van der Waals surface area (Å²) in [4.78, 5) is 27.5. The summed E-state index contributed by atoms with van der Waals surface area (Å²) in [6.45, 7) is 5.85. The van der Waals surface area contributed by atoms with Crippen LogP contribution in [0.5, 0.6) is 17.2 Å². The van der Waals surface area contributed by atoms with Crippen LogP contribution in [0.25, 0.3) is 0 Å². The molecule has 10 heteroatoms. The third kappa shape index (κ3) is 7.85. The topological polar surface area (TPSA) is 133 Å². The number of thiazole rings is 1. The first-order valence-corrected chi connectivity index (χ1v) is 12.6. The van der Waals surface area contributed by atoms with Crippen molar-refractivity contribution in [2.24, 2.45) is 0 Å². The molecule has 4 N–H and O–H groups in total. The molecule has 3 aromatic rings. The quantitative estimate of drug-likeness (QED) is 0.224. The fraction of sp³-hybridized carbons (Fsp3) is 0.370. The number of hydrogen-bond donors (Lipinski definition) is 3. The van der Waals surface area contributed by atoms with Gasteiger partial charge in [0, 0.05) is 11.3 Å². The number of carboxylic acids is 1. The monoisotopic (exact) mass is 529 g/mol. The zero-order valence-corrected chi connectivity index (χ0v) is 23.0. The summed E-state index contributed by atoms with van der Waals surface area (Å²) in [6.07, 6.45) is 4.95. The minimum absolute atomic E-state index is 0.0789. The van der Waals surface area contributed by atoms with Crippen LogP contribution in [0.15, 0.2) is 30.3 Å². The first-order chi connectivity index (χ1) is 17.7. The molecule has 0 radical (unpaired) electrons. The first kappa shape index (κ1) is 29.4. The lowest BCUT2D eigenvalue weighted by molar-refractivity contribution is 0.0701. The van der Waals surface area contributed by atoms with Crippen LogP contribution in [-0.2, 0) is 6.42 Å². The van der Waals surface area contributed by atoms with Gasteiger partial charge in [0.1, 0.15) is 4.88 Å². The van der Waals surface area contributed by atoms with Gasteiger partial charge in [-0.2, -0.15) is 0 Å². The minimum Gasteiger partial charge on any atom is -0.493 e. The zero-order valence-electron chi connectivity index (χ0n) is 22.1. The van der Waals surface area contributed by atoms with E-state index >= 15 is 0 Å². The van der Waals surface area contributed by atoms with Crippen molar-refractivity contribution in [1.82, 2.24) is 4.98 Å². The number of rotatable bonds is 10. The number of aromatic nitrogens is 1. The van der Waals surface area contributed by atoms with Gasteiger partial charge in [0.05, 0.1) is 27.0 Å². The largest absolute Gasteiger partial charge is 0.493 e. The van der Waals surface area contributed by atoms with Crippen LogP contribution in [0, 0.1) is 13.8 Å². The Labute approximate surface area is 221 Å². The van der Waals surface area contributed by atoms with Crippen molar-refractivity contribution in [3.63, 3.8) is 0 Å². The van der Waals surface area contributed by atoms with Crippen molar-refractivity contribution in [1.29, 1.82) is 0 Å². The molecule has 0 bridgehead atoms. The molecule has 0 unspecified atom stereocenters. The maximum Gasteiger partial charge on any atom is 0.347 e. The van der Waals surface area contributed by atoms with Crippen molar-refractivity contribution in [2.45, 2.75) is 46.5 Å². The molecule has 1 heterocycles. The molecule has 0 atom stereocenters. The number of hydrogen-bond acceptors (Lipinski definition) is 8. The van der Waals surface area contributed by atoms with E-state index in [1.807, 2.05) is 0 Å². The molecule has 0 saturated carbocycles. The second kappa shape index (κ2) is 14.1. The van der Waals surface area contributed by atoms with E-state index in [2.05, 4.69) is 42.3 Å². The second-order valence-electron chi connectivity index (χ2n) is 8.21. The molecule has 37 heavy (non-hydrogen) atoms. The van der Waals surface area contributed by atoms with Crippen molar-refractivity contribution < 1.29 is 28.9 Å². The van der Waals surface area contributed by atoms with Crippen molar-refractivity contribution in [3.05, 3.63) is 57.6 Å². The SMILES string of the molecule is CCCCCc1cccc(C)c1N.COc1cc(C(=O)Nc2nc(C)c(C(=O)O)s2)cc(OC)c1OC. The van der Waals surface area contributed by atoms with Crippen LogP contribution in [-0.4, -0.2) is 43.3 Å². The second-order valence-corrected chi connectivity index (χ2v) is 9.21. The lowest BCUT2D eigenvalue weighted by Gasteiger charge is -2.13. The molecule has 0 fully saturated rings. The Bertz CT molecular complexity index is 1200. The first-order valence-electron chi connectivity index (χ1n) is 11.8. The van der Waals surface area contributed by atoms with Crippen LogP contribution in [0.3, 0.4) is 0 Å². The highest BCUT2D eigenvalue weighted by Gasteiger charge is 2.19. The molecule has 0 aliphatic rings. The molecule has 0 saturated heterocycles. The molecule has 1 aromatic heterocycles. The van der Waals surface area contributed by atoms with E-state index in [-0.39, 0.29) is 15.6 Å². The predicted molar refractivity (Wildman–Crippen MR) is 147 cm³/mol. The number of nitrogens with zero attached hydrogens (tertiary/aromatic N) is 1. The maximum atomic E-state index is 12.4. The Kier molecular flexibility index (Phi) is 11.2. The number of aromatic carboxylic acids is 1. The summed E-state index contributed by atoms with van der Waals surface area (Å²) in [7, 11) is 4.36. The van der Waals surface area contributed by atoms with Crippen LogP contribution < -0.4 is 25.3 Å². The molecule has 9 nitrogen and oxygen atoms in total. The van der Waals surface area contributed by atoms with Crippen LogP contribution >= 0.6 is 11.3 Å². The lowest BCUT2D eigenvalue weighted by Crippen LogP contribution is -2.12. The highest BCUT2D eigenvalue weighted by Crippen LogP contribution is 2.38. The number of methoxy groups -OCH3 is 3. The van der Waals surface area contributed by atoms with Gasteiger partial charge in [0.2, 0.25) is 5.75 Å². The molecule has 1 amide bonds. The van der Waals surface area contributed by atoms with Gasteiger partial charge in [0.25, 0.3) is 5.91 Å². The summed E-state index contributed by atoms with van der Waals surface area (Å²) >= 11 is 0.888. The van der Waals surface area contributed by atoms with Gasteiger partial charge in [0.15, 0.2) is 16.6 Å². The van der Waals surface area contributed by atoms with E-state index in [9.17, 15) is 9.59 Å². The zero-order chi connectivity index (χ0) is 27.5. The summed E-state index contributed by atoms with van der Waals surface area (Å²) in [5, 5.41) is 11.8. The molecular weight excluding hydrogens is 494 g/mol.